The normalized spacial score (nSPS) is 17.1. The fourth-order valence-electron chi connectivity index (χ4n) is 3.11. The van der Waals surface area contributed by atoms with Gasteiger partial charge in [-0.25, -0.2) is 17.5 Å². The van der Waals surface area contributed by atoms with Crippen LogP contribution in [0.1, 0.15) is 29.3 Å². The van der Waals surface area contributed by atoms with Gasteiger partial charge in [0.15, 0.2) is 0 Å². The summed E-state index contributed by atoms with van der Waals surface area (Å²) < 4.78 is 42.4. The summed E-state index contributed by atoms with van der Waals surface area (Å²) in [5.41, 5.74) is 0.358. The van der Waals surface area contributed by atoms with Gasteiger partial charge >= 0.3 is 0 Å². The number of nitrogens with zero attached hydrogens (tertiary/aromatic N) is 1. The standard InChI is InChI=1S/C17H20ClFN2O2S2/c1-12-7-8-16(24-12)25(22,23)20-11-15(21-9-2-3-10-21)17-13(18)5-4-6-14(17)19/h4-8,15,20H,2-3,9-11H2,1H3. The quantitative estimate of drug-likeness (QED) is 0.795. The first-order chi connectivity index (χ1) is 11.9. The van der Waals surface area contributed by atoms with Crippen molar-refractivity contribution < 1.29 is 12.8 Å². The molecule has 1 aromatic heterocycles. The number of hydrogen-bond acceptors (Lipinski definition) is 4. The van der Waals surface area contributed by atoms with E-state index in [1.54, 1.807) is 24.3 Å². The van der Waals surface area contributed by atoms with Gasteiger partial charge in [0, 0.05) is 22.0 Å². The van der Waals surface area contributed by atoms with Crippen LogP contribution in [0.3, 0.4) is 0 Å². The van der Waals surface area contributed by atoms with E-state index in [0.717, 1.165) is 30.8 Å². The first-order valence-electron chi connectivity index (χ1n) is 8.12. The molecule has 0 saturated carbocycles. The largest absolute Gasteiger partial charge is 0.295 e. The van der Waals surface area contributed by atoms with Crippen molar-refractivity contribution in [3.8, 4) is 0 Å². The summed E-state index contributed by atoms with van der Waals surface area (Å²) in [6, 6.07) is 7.49. The molecule has 4 nitrogen and oxygen atoms in total. The summed E-state index contributed by atoms with van der Waals surface area (Å²) in [5, 5.41) is 0.322. The Morgan fingerprint density at radius 2 is 2.00 bits per heavy atom. The Bertz CT molecular complexity index is 828. The van der Waals surface area contributed by atoms with E-state index in [2.05, 4.69) is 9.62 Å². The van der Waals surface area contributed by atoms with Crippen LogP contribution >= 0.6 is 22.9 Å². The average molecular weight is 403 g/mol. The topological polar surface area (TPSA) is 49.4 Å². The number of halogens is 2. The van der Waals surface area contributed by atoms with Gasteiger partial charge in [0.05, 0.1) is 6.04 Å². The van der Waals surface area contributed by atoms with Crippen LogP contribution in [-0.2, 0) is 10.0 Å². The van der Waals surface area contributed by atoms with E-state index in [0.29, 0.717) is 10.6 Å². The zero-order chi connectivity index (χ0) is 18.0. The summed E-state index contributed by atoms with van der Waals surface area (Å²) in [6.45, 7) is 3.54. The zero-order valence-corrected chi connectivity index (χ0v) is 16.2. The number of nitrogens with one attached hydrogen (secondary N) is 1. The predicted octanol–water partition coefficient (Wildman–Crippen LogP) is 3.96. The van der Waals surface area contributed by atoms with Gasteiger partial charge in [-0.1, -0.05) is 17.7 Å². The molecule has 3 rings (SSSR count). The van der Waals surface area contributed by atoms with Gasteiger partial charge in [-0.15, -0.1) is 11.3 Å². The Kier molecular flexibility index (Phi) is 5.80. The highest BCUT2D eigenvalue weighted by Gasteiger charge is 2.29. The first-order valence-corrected chi connectivity index (χ1v) is 10.8. The van der Waals surface area contributed by atoms with Crippen LogP contribution in [0, 0.1) is 12.7 Å². The molecule has 1 unspecified atom stereocenters. The van der Waals surface area contributed by atoms with Crippen LogP contribution in [0.25, 0.3) is 0 Å². The molecule has 1 atom stereocenters. The lowest BCUT2D eigenvalue weighted by molar-refractivity contribution is 0.241. The zero-order valence-electron chi connectivity index (χ0n) is 13.8. The average Bonchev–Trinajstić information content (AvgIpc) is 3.22. The molecular weight excluding hydrogens is 383 g/mol. The van der Waals surface area contributed by atoms with E-state index in [1.807, 2.05) is 6.92 Å². The third-order valence-corrected chi connectivity index (χ3v) is 7.61. The number of benzene rings is 1. The molecular formula is C17H20ClFN2O2S2. The SMILES string of the molecule is Cc1ccc(S(=O)(=O)NCC(c2c(F)cccc2Cl)N2CCCC2)s1. The van der Waals surface area contributed by atoms with E-state index in [9.17, 15) is 12.8 Å². The third kappa shape index (κ3) is 4.23. The molecule has 0 aliphatic carbocycles. The Hall–Kier alpha value is -0.990. The molecule has 1 aromatic carbocycles. The van der Waals surface area contributed by atoms with E-state index in [4.69, 9.17) is 11.6 Å². The molecule has 1 aliphatic rings. The molecule has 25 heavy (non-hydrogen) atoms. The van der Waals surface area contributed by atoms with E-state index in [-0.39, 0.29) is 10.8 Å². The lowest BCUT2D eigenvalue weighted by Gasteiger charge is -2.29. The maximum atomic E-state index is 14.4. The summed E-state index contributed by atoms with van der Waals surface area (Å²) in [4.78, 5) is 3.01. The van der Waals surface area contributed by atoms with Crippen LogP contribution in [0.2, 0.25) is 5.02 Å². The second-order valence-electron chi connectivity index (χ2n) is 6.11. The van der Waals surface area contributed by atoms with Crippen molar-refractivity contribution in [1.82, 2.24) is 9.62 Å². The van der Waals surface area contributed by atoms with Crippen LogP contribution < -0.4 is 4.72 Å². The van der Waals surface area contributed by atoms with Crippen molar-refractivity contribution in [2.75, 3.05) is 19.6 Å². The minimum atomic E-state index is -3.62. The Balaban J connectivity index is 1.86. The smallest absolute Gasteiger partial charge is 0.250 e. The number of likely N-dealkylation sites (tertiary alicyclic amines) is 1. The van der Waals surface area contributed by atoms with Crippen molar-refractivity contribution in [2.24, 2.45) is 0 Å². The van der Waals surface area contributed by atoms with Gasteiger partial charge in [0.2, 0.25) is 10.0 Å². The monoisotopic (exact) mass is 402 g/mol. The maximum absolute atomic E-state index is 14.4. The number of rotatable bonds is 6. The number of thiophene rings is 1. The highest BCUT2D eigenvalue weighted by Crippen LogP contribution is 2.32. The summed E-state index contributed by atoms with van der Waals surface area (Å²) >= 11 is 7.45. The lowest BCUT2D eigenvalue weighted by Crippen LogP contribution is -2.37. The van der Waals surface area contributed by atoms with E-state index >= 15 is 0 Å². The Morgan fingerprint density at radius 3 is 2.60 bits per heavy atom. The summed E-state index contributed by atoms with van der Waals surface area (Å²) in [7, 11) is -3.62. The van der Waals surface area contributed by atoms with Crippen molar-refractivity contribution in [3.63, 3.8) is 0 Å². The number of aryl methyl sites for hydroxylation is 1. The molecule has 1 saturated heterocycles. The molecule has 0 bridgehead atoms. The van der Waals surface area contributed by atoms with Crippen LogP contribution in [0.15, 0.2) is 34.5 Å². The van der Waals surface area contributed by atoms with Gasteiger partial charge < -0.3 is 0 Å². The van der Waals surface area contributed by atoms with Crippen molar-refractivity contribution in [1.29, 1.82) is 0 Å². The minimum absolute atomic E-state index is 0.0833. The molecule has 0 radical (unpaired) electrons. The molecule has 2 aromatic rings. The second kappa shape index (κ2) is 7.72. The Morgan fingerprint density at radius 1 is 1.28 bits per heavy atom. The number of hydrogen-bond donors (Lipinski definition) is 1. The molecule has 1 N–H and O–H groups in total. The van der Waals surface area contributed by atoms with Gasteiger partial charge in [0.25, 0.3) is 0 Å². The maximum Gasteiger partial charge on any atom is 0.250 e. The van der Waals surface area contributed by atoms with Gasteiger partial charge in [-0.3, -0.25) is 4.90 Å². The highest BCUT2D eigenvalue weighted by molar-refractivity contribution is 7.91. The molecule has 0 spiro atoms. The van der Waals surface area contributed by atoms with Gasteiger partial charge in [-0.05, 0) is 57.1 Å². The minimum Gasteiger partial charge on any atom is -0.295 e. The van der Waals surface area contributed by atoms with Crippen LogP contribution in [0.5, 0.6) is 0 Å². The molecule has 0 amide bonds. The predicted molar refractivity (Wildman–Crippen MR) is 99.2 cm³/mol. The number of sulfonamides is 1. The lowest BCUT2D eigenvalue weighted by atomic mass is 10.0. The molecule has 8 heteroatoms. The fraction of sp³-hybridized carbons (Fsp3) is 0.412. The second-order valence-corrected chi connectivity index (χ2v) is 9.80. The third-order valence-electron chi connectivity index (χ3n) is 4.36. The highest BCUT2D eigenvalue weighted by atomic mass is 35.5. The Labute approximate surface area is 156 Å². The summed E-state index contributed by atoms with van der Waals surface area (Å²) in [6.07, 6.45) is 2.03. The van der Waals surface area contributed by atoms with E-state index in [1.165, 1.54) is 17.4 Å². The van der Waals surface area contributed by atoms with Gasteiger partial charge in [-0.2, -0.15) is 0 Å². The van der Waals surface area contributed by atoms with E-state index < -0.39 is 21.9 Å². The molecule has 1 aliphatic heterocycles. The van der Waals surface area contributed by atoms with Gasteiger partial charge in [0.1, 0.15) is 10.0 Å². The van der Waals surface area contributed by atoms with Crippen LogP contribution in [-0.4, -0.2) is 33.0 Å². The first kappa shape index (κ1) is 18.8. The van der Waals surface area contributed by atoms with Crippen molar-refractivity contribution in [3.05, 3.63) is 51.6 Å². The molecule has 2 heterocycles. The van der Waals surface area contributed by atoms with Crippen LogP contribution in [0.4, 0.5) is 4.39 Å². The van der Waals surface area contributed by atoms with Crippen molar-refractivity contribution in [2.45, 2.75) is 30.0 Å². The summed E-state index contributed by atoms with van der Waals surface area (Å²) in [5.74, 6) is -0.407. The molecule has 1 fully saturated rings. The fourth-order valence-corrected chi connectivity index (χ4v) is 5.77. The van der Waals surface area contributed by atoms with Crippen molar-refractivity contribution >= 4 is 33.0 Å². The molecule has 136 valence electrons.